The van der Waals surface area contributed by atoms with E-state index >= 15 is 0 Å². The summed E-state index contributed by atoms with van der Waals surface area (Å²) in [6.07, 6.45) is 8.66. The van der Waals surface area contributed by atoms with Gasteiger partial charge >= 0.3 is 39.1 Å². The molecule has 0 spiro atoms. The van der Waals surface area contributed by atoms with Gasteiger partial charge in [-0.3, -0.25) is 38.1 Å². The van der Waals surface area contributed by atoms with Crippen LogP contribution in [0.3, 0.4) is 0 Å². The Bertz CT molecular complexity index is 2340. The molecule has 76 heavy (non-hydrogen) atoms. The van der Waals surface area contributed by atoms with E-state index in [-0.39, 0.29) is 65.9 Å². The van der Waals surface area contributed by atoms with Gasteiger partial charge in [0.15, 0.2) is 0 Å². The highest BCUT2D eigenvalue weighted by Gasteiger charge is 2.54. The highest BCUT2D eigenvalue weighted by molar-refractivity contribution is 7.62. The van der Waals surface area contributed by atoms with Crippen LogP contribution in [0.1, 0.15) is 90.9 Å². The van der Waals surface area contributed by atoms with Crippen LogP contribution < -0.4 is 21.2 Å². The van der Waals surface area contributed by atoms with E-state index in [4.69, 9.17) is 32.3 Å². The number of hydrogen-bond donors (Lipinski definition) is 4. The van der Waals surface area contributed by atoms with Crippen LogP contribution in [0, 0.1) is 23.7 Å². The van der Waals surface area contributed by atoms with Crippen LogP contribution in [-0.2, 0) is 65.4 Å². The molecule has 10 rings (SSSR count). The van der Waals surface area contributed by atoms with Crippen molar-refractivity contribution in [3.8, 4) is 0 Å². The number of nitrogens with one attached hydrogen (secondary N) is 2. The number of esters is 4. The Morgan fingerprint density at radius 2 is 0.895 bits per heavy atom. The molecule has 0 aliphatic carbocycles. The molecular weight excluding hydrogens is 1020 g/mol. The Labute approximate surface area is 447 Å². The highest BCUT2D eigenvalue weighted by Crippen LogP contribution is 2.53. The summed E-state index contributed by atoms with van der Waals surface area (Å²) in [5.74, 6) is -2.79. The summed E-state index contributed by atoms with van der Waals surface area (Å²) < 4.78 is 68.3. The van der Waals surface area contributed by atoms with Crippen LogP contribution in [0.15, 0.2) is 60.7 Å². The van der Waals surface area contributed by atoms with E-state index in [1.165, 1.54) is 42.7 Å². The van der Waals surface area contributed by atoms with E-state index in [0.29, 0.717) is 54.4 Å². The first kappa shape index (κ1) is 60.0. The van der Waals surface area contributed by atoms with Gasteiger partial charge in [-0.15, -0.1) is 0 Å². The Morgan fingerprint density at radius 1 is 0.500 bits per heavy atom. The molecule has 0 amide bonds. The monoisotopic (exact) mass is 1100 g/mol. The van der Waals surface area contributed by atoms with Crippen LogP contribution in [0.2, 0.25) is 0 Å². The van der Waals surface area contributed by atoms with E-state index < -0.39 is 51.4 Å². The summed E-state index contributed by atoms with van der Waals surface area (Å²) in [5.41, 5.74) is 0. The minimum atomic E-state index is -3.49. The summed E-state index contributed by atoms with van der Waals surface area (Å²) in [4.78, 5) is 52.3. The molecule has 424 valence electrons. The highest BCUT2D eigenvalue weighted by atomic mass is 31.2. The molecule has 8 heterocycles. The lowest BCUT2D eigenvalue weighted by Crippen LogP contribution is -2.54. The van der Waals surface area contributed by atoms with Crippen molar-refractivity contribution in [1.29, 1.82) is 0 Å². The van der Waals surface area contributed by atoms with E-state index in [2.05, 4.69) is 39.0 Å². The predicted molar refractivity (Wildman–Crippen MR) is 282 cm³/mol. The molecule has 8 bridgehead atoms. The van der Waals surface area contributed by atoms with Gasteiger partial charge in [-0.1, -0.05) is 50.2 Å². The fourth-order valence-electron chi connectivity index (χ4n) is 13.6. The van der Waals surface area contributed by atoms with Crippen molar-refractivity contribution >= 4 is 49.7 Å². The summed E-state index contributed by atoms with van der Waals surface area (Å²) in [6.45, 7) is 6.05. The lowest BCUT2D eigenvalue weighted by molar-refractivity contribution is -0.157. The van der Waals surface area contributed by atoms with Gasteiger partial charge in [0.1, 0.15) is 0 Å². The third-order valence-corrected chi connectivity index (χ3v) is 21.0. The Hall–Kier alpha value is -3.62. The maximum atomic E-state index is 13.3. The van der Waals surface area contributed by atoms with Gasteiger partial charge in [0.25, 0.3) is 0 Å². The Morgan fingerprint density at radius 3 is 1.37 bits per heavy atom. The van der Waals surface area contributed by atoms with Gasteiger partial charge in [0.05, 0.1) is 87.1 Å². The van der Waals surface area contributed by atoms with E-state index in [1.54, 1.807) is 48.5 Å². The van der Waals surface area contributed by atoms with Crippen molar-refractivity contribution in [2.75, 3.05) is 55.7 Å². The number of fused-ring (bicyclic) bond motifs is 8. The number of carbonyl (C=O) groups excluding carboxylic acids is 4. The first-order valence-electron chi connectivity index (χ1n) is 27.0. The van der Waals surface area contributed by atoms with Gasteiger partial charge < -0.3 is 57.9 Å². The fourth-order valence-corrected chi connectivity index (χ4v) is 16.6. The number of aliphatic hydroxyl groups excluding tert-OH is 2. The van der Waals surface area contributed by atoms with Crippen LogP contribution >= 0.6 is 15.2 Å². The van der Waals surface area contributed by atoms with Crippen molar-refractivity contribution in [2.45, 2.75) is 164 Å². The summed E-state index contributed by atoms with van der Waals surface area (Å²) in [7, 11) is 1.33. The molecule has 8 aliphatic rings. The molecule has 8 fully saturated rings. The lowest BCUT2D eigenvalue weighted by atomic mass is 9.87. The molecule has 4 N–H and O–H groups in total. The number of ether oxygens (including phenoxy) is 4. The second kappa shape index (κ2) is 27.0. The molecule has 18 atom stereocenters. The van der Waals surface area contributed by atoms with Crippen LogP contribution in [-0.4, -0.2) is 172 Å². The normalized spacial score (nSPS) is 35.5. The molecule has 0 aromatic heterocycles. The quantitative estimate of drug-likeness (QED) is 0.116. The molecule has 8 aliphatic heterocycles. The molecule has 8 saturated heterocycles. The second-order valence-electron chi connectivity index (χ2n) is 20.9. The van der Waals surface area contributed by atoms with Gasteiger partial charge in [0, 0.05) is 62.6 Å². The largest absolute Gasteiger partial charge is 0.469 e. The average Bonchev–Trinajstić information content (AvgIpc) is 4.19. The van der Waals surface area contributed by atoms with E-state index in [9.17, 15) is 38.5 Å². The van der Waals surface area contributed by atoms with Crippen molar-refractivity contribution in [2.24, 2.45) is 23.7 Å². The first-order valence-corrected chi connectivity index (χ1v) is 30.1. The Balaban J connectivity index is 0.000000152. The maximum absolute atomic E-state index is 13.3. The zero-order chi connectivity index (χ0) is 54.9. The first-order chi connectivity index (χ1) is 36.5. The number of methoxy groups -OCH3 is 4. The van der Waals surface area contributed by atoms with Crippen molar-refractivity contribution in [3.63, 3.8) is 0 Å². The minimum Gasteiger partial charge on any atom is -0.469 e. The average molecular weight is 1110 g/mol. The lowest BCUT2D eigenvalue weighted by Gasteiger charge is -2.43. The molecule has 0 radical (unpaired) electrons. The van der Waals surface area contributed by atoms with Crippen LogP contribution in [0.4, 0.5) is 0 Å². The summed E-state index contributed by atoms with van der Waals surface area (Å²) in [6, 6.07) is 19.6. The maximum Gasteiger partial charge on any atom is 0.361 e. The number of carbonyl (C=O) groups is 4. The number of nitrogens with zero attached hydrogens (tertiary/aromatic N) is 2. The molecule has 14 unspecified atom stereocenters. The van der Waals surface area contributed by atoms with Gasteiger partial charge in [-0.2, -0.15) is 0 Å². The third-order valence-electron chi connectivity index (χ3n) is 17.1. The van der Waals surface area contributed by atoms with Gasteiger partial charge in [-0.05, 0) is 114 Å². The fraction of sp³-hybridized carbons (Fsp3) is 0.704. The molecule has 0 saturated carbocycles. The van der Waals surface area contributed by atoms with Crippen molar-refractivity contribution < 1.29 is 75.6 Å². The third kappa shape index (κ3) is 13.2. The summed E-state index contributed by atoms with van der Waals surface area (Å²) in [5, 5.41) is 27.4. The van der Waals surface area contributed by atoms with Crippen molar-refractivity contribution in [3.05, 3.63) is 60.7 Å². The van der Waals surface area contributed by atoms with E-state index in [0.717, 1.165) is 64.5 Å². The van der Waals surface area contributed by atoms with E-state index in [1.807, 2.05) is 12.1 Å². The molecule has 22 heteroatoms. The number of piperidine rings is 4. The van der Waals surface area contributed by atoms with Gasteiger partial charge in [0.2, 0.25) is 0 Å². The molecule has 20 nitrogen and oxygen atoms in total. The predicted octanol–water partition coefficient (Wildman–Crippen LogP) is 4.49. The van der Waals surface area contributed by atoms with Crippen LogP contribution in [0.5, 0.6) is 0 Å². The number of benzene rings is 2. The molecule has 2 aromatic carbocycles. The number of rotatable bonds is 14. The van der Waals surface area contributed by atoms with Crippen LogP contribution in [0.25, 0.3) is 0 Å². The standard InChI is InChI=1S/C18H26NO5P.C16H22NO5P.C11H19NO3.C9H15NO3/c1-4-19-13-10-11-15(19)17(18(20)22-2)16(12-13)24-25(21,23-3)14-8-6-5-7-9-14;1-20-16(18)15-13-9-8-11(17-13)10-14(15)22-23(19,21-2)12-6-4-3-5-7-12;1-3-12-7-4-5-8(12)10(9(13)6-7)11(14)15-2;1-13-9(12)8-6-3-2-5(10-6)4-7(8)11/h5-9,13,15-17H,4,10-12H2,1-3H3;3-7,11,13-15,17H,8-10H2,1-2H3;7-10,13H,3-6H2,1-2H3;5-8,10-11H,2-4H2,1H3/t13?,15?,16?,17-,25?;11?,13?,14?,15-,23?;7?,8?,9?,10-;5?,6?,7?,8-/m1111/s1. The smallest absolute Gasteiger partial charge is 0.361 e. The SMILES string of the molecule is CCN1C2CCC1[C@@H](C(=O)OC)C(O)C2.CCN1C2CCC1[C@@H](C(=O)OC)C(OP(=O)(OC)c1ccccc1)C2.COC(=O)[C@@H]1C2CCC(CC1OP(=O)(OC)c1ccccc1)N2.COC(=O)[C@H]1C(O)CC2CCC1N2. The van der Waals surface area contributed by atoms with Crippen molar-refractivity contribution in [1.82, 2.24) is 20.4 Å². The summed E-state index contributed by atoms with van der Waals surface area (Å²) >= 11 is 0. The van der Waals surface area contributed by atoms with Gasteiger partial charge in [-0.25, -0.2) is 0 Å². The Kier molecular flexibility index (Phi) is 21.3. The molecular formula is C54H82N4O16P2. The number of hydrogen-bond acceptors (Lipinski definition) is 20. The number of aliphatic hydroxyl groups is 2. The molecule has 2 aromatic rings. The zero-order valence-electron chi connectivity index (χ0n) is 45.3. The minimum absolute atomic E-state index is 0.00674. The second-order valence-corrected chi connectivity index (χ2v) is 25.1. The zero-order valence-corrected chi connectivity index (χ0v) is 47.1. The topological polar surface area (TPSA) is 247 Å².